The van der Waals surface area contributed by atoms with Crippen molar-refractivity contribution in [2.24, 2.45) is 5.73 Å². The van der Waals surface area contributed by atoms with E-state index in [1.54, 1.807) is 0 Å². The molecular weight excluding hydrogens is 200 g/mol. The van der Waals surface area contributed by atoms with E-state index in [9.17, 15) is 9.59 Å². The molecule has 0 aromatic heterocycles. The number of amides is 2. The maximum atomic E-state index is 10.5. The van der Waals surface area contributed by atoms with Crippen LogP contribution in [-0.4, -0.2) is 17.1 Å². The van der Waals surface area contributed by atoms with Gasteiger partial charge in [-0.05, 0) is 0 Å². The molecule has 0 bridgehead atoms. The van der Waals surface area contributed by atoms with E-state index in [2.05, 4.69) is 27.8 Å². The van der Waals surface area contributed by atoms with Crippen LogP contribution in [-0.2, 0) is 9.59 Å². The topological polar surface area (TPSA) is 72.2 Å². The van der Waals surface area contributed by atoms with Crippen LogP contribution < -0.4 is 11.1 Å². The average molecular weight is 207 g/mol. The highest BCUT2D eigenvalue weighted by atomic mass is 79.9. The first-order chi connectivity index (χ1) is 4.57. The highest BCUT2D eigenvalue weighted by Crippen LogP contribution is 1.84. The first kappa shape index (κ1) is 9.16. The minimum absolute atomic E-state index is 0.0931. The number of primary amides is 1. The summed E-state index contributed by atoms with van der Waals surface area (Å²) in [6.45, 7) is 3.21. The zero-order valence-electron chi connectivity index (χ0n) is 5.19. The maximum Gasteiger partial charge on any atom is 0.264 e. The second kappa shape index (κ2) is 4.05. The van der Waals surface area contributed by atoms with E-state index < -0.39 is 5.91 Å². The lowest BCUT2D eigenvalue weighted by atomic mass is 10.4. The molecule has 0 aliphatic carbocycles. The van der Waals surface area contributed by atoms with Gasteiger partial charge in [0.25, 0.3) is 5.91 Å². The van der Waals surface area contributed by atoms with Gasteiger partial charge in [-0.3, -0.25) is 9.59 Å². The highest BCUT2D eigenvalue weighted by Gasteiger charge is 2.03. The summed E-state index contributed by atoms with van der Waals surface area (Å²) in [6, 6.07) is 0. The predicted octanol–water partition coefficient (Wildman–Crippen LogP) is -0.504. The molecule has 10 heavy (non-hydrogen) atoms. The van der Waals surface area contributed by atoms with Crippen LogP contribution in [0.25, 0.3) is 0 Å². The number of alkyl halides is 1. The van der Waals surface area contributed by atoms with E-state index in [-0.39, 0.29) is 16.9 Å². The van der Waals surface area contributed by atoms with Gasteiger partial charge in [0.05, 0.1) is 11.0 Å². The van der Waals surface area contributed by atoms with Gasteiger partial charge >= 0.3 is 0 Å². The van der Waals surface area contributed by atoms with Crippen molar-refractivity contribution in [3.8, 4) is 0 Å². The molecule has 0 aliphatic rings. The van der Waals surface area contributed by atoms with E-state index in [0.29, 0.717) is 0 Å². The monoisotopic (exact) mass is 206 g/mol. The minimum atomic E-state index is -0.727. The Labute approximate surface area is 66.6 Å². The fourth-order valence-electron chi connectivity index (χ4n) is 0.263. The van der Waals surface area contributed by atoms with Gasteiger partial charge in [-0.2, -0.15) is 0 Å². The Bertz CT molecular complexity index is 178. The van der Waals surface area contributed by atoms with Crippen molar-refractivity contribution >= 4 is 27.7 Å². The van der Waals surface area contributed by atoms with Crippen LogP contribution >= 0.6 is 15.9 Å². The number of carbonyl (C=O) groups is 2. The molecule has 0 spiro atoms. The molecule has 0 unspecified atom stereocenters. The van der Waals surface area contributed by atoms with Gasteiger partial charge in [0.1, 0.15) is 0 Å². The summed E-state index contributed by atoms with van der Waals surface area (Å²) in [5, 5.41) is 2.30. The summed E-state index contributed by atoms with van der Waals surface area (Å²) in [4.78, 5) is 20.7. The molecule has 2 amide bonds. The molecule has 4 nitrogen and oxygen atoms in total. The van der Waals surface area contributed by atoms with Crippen LogP contribution in [0.5, 0.6) is 0 Å². The van der Waals surface area contributed by atoms with Crippen LogP contribution in [0, 0.1) is 0 Å². The van der Waals surface area contributed by atoms with Gasteiger partial charge in [-0.1, -0.05) is 22.5 Å². The average Bonchev–Trinajstić information content (AvgIpc) is 1.87. The van der Waals surface area contributed by atoms with E-state index in [1.165, 1.54) is 0 Å². The van der Waals surface area contributed by atoms with Gasteiger partial charge in [0.15, 0.2) is 0 Å². The summed E-state index contributed by atoms with van der Waals surface area (Å²) < 4.78 is 0. The van der Waals surface area contributed by atoms with Gasteiger partial charge in [0, 0.05) is 0 Å². The van der Waals surface area contributed by atoms with E-state index in [0.717, 1.165) is 0 Å². The molecule has 0 atom stereocenters. The number of hydrogen-bond donors (Lipinski definition) is 2. The van der Waals surface area contributed by atoms with Crippen molar-refractivity contribution in [3.05, 3.63) is 12.3 Å². The standard InChI is InChI=1S/C5H7BrN2O2/c1-3(5(7)10)8-4(9)2-6/h1-2H2,(H2,7,10)(H,8,9). The molecule has 0 heterocycles. The number of nitrogens with two attached hydrogens (primary N) is 1. The smallest absolute Gasteiger partial charge is 0.264 e. The van der Waals surface area contributed by atoms with Crippen molar-refractivity contribution in [2.75, 3.05) is 5.33 Å². The van der Waals surface area contributed by atoms with E-state index in [1.807, 2.05) is 0 Å². The zero-order chi connectivity index (χ0) is 8.15. The number of carbonyl (C=O) groups excluding carboxylic acids is 2. The Hall–Kier alpha value is -0.840. The molecule has 0 saturated carbocycles. The molecule has 5 heteroatoms. The Balaban J connectivity index is 3.80. The normalized spacial score (nSPS) is 8.50. The zero-order valence-corrected chi connectivity index (χ0v) is 6.77. The van der Waals surface area contributed by atoms with Crippen molar-refractivity contribution in [1.29, 1.82) is 0 Å². The van der Waals surface area contributed by atoms with Crippen LogP contribution in [0.15, 0.2) is 12.3 Å². The summed E-state index contributed by atoms with van der Waals surface area (Å²) in [7, 11) is 0. The first-order valence-corrected chi connectivity index (χ1v) is 3.54. The third kappa shape index (κ3) is 3.24. The second-order valence-corrected chi connectivity index (χ2v) is 2.09. The lowest BCUT2D eigenvalue weighted by Gasteiger charge is -2.00. The Kier molecular flexibility index (Phi) is 3.71. The lowest BCUT2D eigenvalue weighted by Crippen LogP contribution is -2.30. The minimum Gasteiger partial charge on any atom is -0.364 e. The van der Waals surface area contributed by atoms with Crippen LogP contribution in [0.4, 0.5) is 0 Å². The number of rotatable bonds is 3. The molecule has 0 aromatic rings. The van der Waals surface area contributed by atoms with Crippen LogP contribution in [0.3, 0.4) is 0 Å². The van der Waals surface area contributed by atoms with E-state index in [4.69, 9.17) is 5.73 Å². The SMILES string of the molecule is C=C(NC(=O)CBr)C(N)=O. The molecule has 0 saturated heterocycles. The summed E-state index contributed by atoms with van der Waals surface area (Å²) in [5.74, 6) is -1.07. The molecule has 0 aliphatic heterocycles. The fraction of sp³-hybridized carbons (Fsp3) is 0.200. The highest BCUT2D eigenvalue weighted by molar-refractivity contribution is 9.09. The van der Waals surface area contributed by atoms with Gasteiger partial charge < -0.3 is 11.1 Å². The molecule has 3 N–H and O–H groups in total. The predicted molar refractivity (Wildman–Crippen MR) is 40.3 cm³/mol. The van der Waals surface area contributed by atoms with Crippen molar-refractivity contribution in [3.63, 3.8) is 0 Å². The van der Waals surface area contributed by atoms with Crippen molar-refractivity contribution < 1.29 is 9.59 Å². The molecule has 0 radical (unpaired) electrons. The number of hydrogen-bond acceptors (Lipinski definition) is 2. The van der Waals surface area contributed by atoms with Crippen LogP contribution in [0.1, 0.15) is 0 Å². The third-order valence-corrected chi connectivity index (χ3v) is 1.22. The molecule has 56 valence electrons. The number of nitrogens with one attached hydrogen (secondary N) is 1. The number of halogens is 1. The van der Waals surface area contributed by atoms with Gasteiger partial charge in [-0.15, -0.1) is 0 Å². The maximum absolute atomic E-state index is 10.5. The van der Waals surface area contributed by atoms with Crippen molar-refractivity contribution in [1.82, 2.24) is 5.32 Å². The Morgan fingerprint density at radius 2 is 2.10 bits per heavy atom. The van der Waals surface area contributed by atoms with E-state index >= 15 is 0 Å². The Morgan fingerprint density at radius 1 is 1.60 bits per heavy atom. The second-order valence-electron chi connectivity index (χ2n) is 1.52. The lowest BCUT2D eigenvalue weighted by molar-refractivity contribution is -0.120. The molecular formula is C5H7BrN2O2. The Morgan fingerprint density at radius 3 is 2.40 bits per heavy atom. The van der Waals surface area contributed by atoms with Gasteiger partial charge in [-0.25, -0.2) is 0 Å². The molecule has 0 aromatic carbocycles. The third-order valence-electron chi connectivity index (χ3n) is 0.709. The van der Waals surface area contributed by atoms with Crippen molar-refractivity contribution in [2.45, 2.75) is 0 Å². The quantitative estimate of drug-likeness (QED) is 0.483. The first-order valence-electron chi connectivity index (χ1n) is 2.42. The molecule has 0 rings (SSSR count). The summed E-state index contributed by atoms with van der Waals surface area (Å²) >= 11 is 2.89. The summed E-state index contributed by atoms with van der Waals surface area (Å²) in [5.41, 5.74) is 4.68. The van der Waals surface area contributed by atoms with Crippen LogP contribution in [0.2, 0.25) is 0 Å². The summed E-state index contributed by atoms with van der Waals surface area (Å²) in [6.07, 6.45) is 0. The fourth-order valence-corrected chi connectivity index (χ4v) is 0.403. The largest absolute Gasteiger partial charge is 0.364 e. The molecule has 0 fully saturated rings. The van der Waals surface area contributed by atoms with Gasteiger partial charge in [0.2, 0.25) is 5.91 Å².